The van der Waals surface area contributed by atoms with E-state index in [9.17, 15) is 35.4 Å². The van der Waals surface area contributed by atoms with Gasteiger partial charge < -0.3 is 49.3 Å². The zero-order valence-electron chi connectivity index (χ0n) is 16.1. The fourth-order valence-electron chi connectivity index (χ4n) is 3.50. The first-order valence-corrected chi connectivity index (χ1v) is 9.23. The summed E-state index contributed by atoms with van der Waals surface area (Å²) in [7, 11) is 1.36. The number of hydrogen-bond acceptors (Lipinski definition) is 11. The molecular weight excluding hydrogens is 416 g/mol. The summed E-state index contributed by atoms with van der Waals surface area (Å²) in [6.45, 7) is -0.663. The molecule has 4 rings (SSSR count). The average Bonchev–Trinajstić information content (AvgIpc) is 2.75. The van der Waals surface area contributed by atoms with Crippen LogP contribution in [-0.4, -0.2) is 75.1 Å². The van der Waals surface area contributed by atoms with E-state index in [0.717, 1.165) is 0 Å². The molecule has 2 heterocycles. The molecule has 2 aromatic carbocycles. The number of hydrogen-bond donors (Lipinski definition) is 6. The first-order chi connectivity index (χ1) is 14.8. The third kappa shape index (κ3) is 3.42. The second kappa shape index (κ2) is 7.87. The predicted octanol–water partition coefficient (Wildman–Crippen LogP) is -0.455. The van der Waals surface area contributed by atoms with Gasteiger partial charge in [0, 0.05) is 12.1 Å². The Kier molecular flexibility index (Phi) is 5.37. The largest absolute Gasteiger partial charge is 0.507 e. The maximum absolute atomic E-state index is 13.2. The van der Waals surface area contributed by atoms with Crippen molar-refractivity contribution in [2.75, 3.05) is 13.7 Å². The average molecular weight is 436 g/mol. The van der Waals surface area contributed by atoms with Crippen molar-refractivity contribution in [1.29, 1.82) is 0 Å². The maximum Gasteiger partial charge on any atom is 0.229 e. The topological polar surface area (TPSA) is 179 Å². The smallest absolute Gasteiger partial charge is 0.229 e. The normalized spacial score (nSPS) is 26.3. The van der Waals surface area contributed by atoms with Crippen molar-refractivity contribution in [3.8, 4) is 23.0 Å². The van der Waals surface area contributed by atoms with Crippen LogP contribution in [0, 0.1) is 0 Å². The molecule has 11 nitrogen and oxygen atoms in total. The molecule has 31 heavy (non-hydrogen) atoms. The van der Waals surface area contributed by atoms with Gasteiger partial charge in [-0.3, -0.25) is 4.79 Å². The van der Waals surface area contributed by atoms with E-state index in [0.29, 0.717) is 0 Å². The molecule has 166 valence electrons. The summed E-state index contributed by atoms with van der Waals surface area (Å²) in [5.41, 5.74) is -1.05. The molecule has 0 aliphatic carbocycles. The Labute approximate surface area is 173 Å². The molecule has 3 aromatic rings. The highest BCUT2D eigenvalue weighted by atomic mass is 16.7. The zero-order chi connectivity index (χ0) is 22.4. The fourth-order valence-corrected chi connectivity index (χ4v) is 3.50. The zero-order valence-corrected chi connectivity index (χ0v) is 16.1. The van der Waals surface area contributed by atoms with Crippen LogP contribution in [0.1, 0.15) is 0 Å². The van der Waals surface area contributed by atoms with Crippen molar-refractivity contribution in [1.82, 2.24) is 0 Å². The van der Waals surface area contributed by atoms with Crippen LogP contribution in [0.5, 0.6) is 23.0 Å². The van der Waals surface area contributed by atoms with Crippen molar-refractivity contribution in [3.05, 3.63) is 34.5 Å². The van der Waals surface area contributed by atoms with Crippen LogP contribution in [0.4, 0.5) is 0 Å². The van der Waals surface area contributed by atoms with Gasteiger partial charge in [0.1, 0.15) is 58.0 Å². The Morgan fingerprint density at radius 3 is 2.42 bits per heavy atom. The molecule has 6 N–H and O–H groups in total. The molecule has 0 amide bonds. The van der Waals surface area contributed by atoms with Crippen LogP contribution in [0.3, 0.4) is 0 Å². The van der Waals surface area contributed by atoms with E-state index in [1.54, 1.807) is 0 Å². The second-order valence-electron chi connectivity index (χ2n) is 7.05. The van der Waals surface area contributed by atoms with E-state index in [2.05, 4.69) is 0 Å². The lowest BCUT2D eigenvalue weighted by Gasteiger charge is -2.39. The first-order valence-electron chi connectivity index (χ1n) is 9.23. The summed E-state index contributed by atoms with van der Waals surface area (Å²) >= 11 is 0. The van der Waals surface area contributed by atoms with Gasteiger partial charge in [-0.25, -0.2) is 0 Å². The number of ether oxygens (including phenoxy) is 3. The van der Waals surface area contributed by atoms with E-state index in [1.165, 1.54) is 31.4 Å². The highest BCUT2D eigenvalue weighted by Crippen LogP contribution is 2.37. The minimum atomic E-state index is -1.72. The molecule has 5 atom stereocenters. The number of benzene rings is 2. The Balaban J connectivity index is 1.87. The quantitative estimate of drug-likeness (QED) is 0.292. The summed E-state index contributed by atoms with van der Waals surface area (Å²) < 4.78 is 21.5. The van der Waals surface area contributed by atoms with Crippen LogP contribution in [-0.2, 0) is 4.74 Å². The van der Waals surface area contributed by atoms with Crippen molar-refractivity contribution in [2.24, 2.45) is 0 Å². The lowest BCUT2D eigenvalue weighted by atomic mass is 9.99. The first kappa shape index (κ1) is 21.2. The highest BCUT2D eigenvalue weighted by Gasteiger charge is 2.45. The van der Waals surface area contributed by atoms with E-state index in [4.69, 9.17) is 18.6 Å². The summed E-state index contributed by atoms with van der Waals surface area (Å²) in [4.78, 5) is 13.2. The van der Waals surface area contributed by atoms with E-state index in [1.807, 2.05) is 0 Å². The third-order valence-corrected chi connectivity index (χ3v) is 5.15. The summed E-state index contributed by atoms with van der Waals surface area (Å²) in [5, 5.41) is 59.4. The Hall–Kier alpha value is -3.09. The number of methoxy groups -OCH3 is 1. The summed E-state index contributed by atoms with van der Waals surface area (Å²) in [6, 6.07) is 4.96. The SMILES string of the molecule is COc1cc(O)c2c(=O)c3c(O[C@H]4O[C@H](CO)[C@@H](O)[C@H](O)[C@H]4O)ccc(O)c3oc2c1. The molecule has 1 aromatic heterocycles. The Morgan fingerprint density at radius 1 is 1.00 bits per heavy atom. The molecule has 0 unspecified atom stereocenters. The van der Waals surface area contributed by atoms with E-state index in [-0.39, 0.29) is 33.4 Å². The predicted molar refractivity (Wildman–Crippen MR) is 104 cm³/mol. The molecular formula is C20H20O11. The van der Waals surface area contributed by atoms with Crippen molar-refractivity contribution < 1.29 is 49.3 Å². The van der Waals surface area contributed by atoms with Gasteiger partial charge in [-0.1, -0.05) is 0 Å². The standard InChI is InChI=1S/C20H20O11/c1-28-7-4-9(23)13-11(5-7)29-19-8(22)2-3-10(14(19)16(13)25)30-20-18(27)17(26)15(24)12(6-21)31-20/h2-5,12,15,17-18,20-24,26-27H,6H2,1H3/t12-,15-,17+,18-,20+/m1/s1. The van der Waals surface area contributed by atoms with Gasteiger partial charge in [0.15, 0.2) is 11.3 Å². The summed E-state index contributed by atoms with van der Waals surface area (Å²) in [6.07, 6.45) is -7.78. The van der Waals surface area contributed by atoms with Gasteiger partial charge in [-0.2, -0.15) is 0 Å². The van der Waals surface area contributed by atoms with Gasteiger partial charge in [0.05, 0.1) is 13.7 Å². The van der Waals surface area contributed by atoms with Gasteiger partial charge in [-0.05, 0) is 12.1 Å². The molecule has 11 heteroatoms. The minimum Gasteiger partial charge on any atom is -0.507 e. The molecule has 0 bridgehead atoms. The molecule has 1 aliphatic rings. The highest BCUT2D eigenvalue weighted by molar-refractivity contribution is 5.98. The molecule has 0 spiro atoms. The number of aromatic hydroxyl groups is 2. The minimum absolute atomic E-state index is 0.0466. The van der Waals surface area contributed by atoms with Crippen LogP contribution < -0.4 is 14.9 Å². The van der Waals surface area contributed by atoms with Crippen LogP contribution in [0.15, 0.2) is 33.5 Å². The summed E-state index contributed by atoms with van der Waals surface area (Å²) in [5.74, 6) is -0.784. The molecule has 1 saturated heterocycles. The van der Waals surface area contributed by atoms with Gasteiger partial charge in [0.2, 0.25) is 11.7 Å². The number of fused-ring (bicyclic) bond motifs is 2. The van der Waals surface area contributed by atoms with Gasteiger partial charge in [0.25, 0.3) is 0 Å². The van der Waals surface area contributed by atoms with Crippen LogP contribution in [0.2, 0.25) is 0 Å². The molecule has 0 radical (unpaired) electrons. The lowest BCUT2D eigenvalue weighted by molar-refractivity contribution is -0.277. The van der Waals surface area contributed by atoms with Crippen molar-refractivity contribution in [3.63, 3.8) is 0 Å². The second-order valence-corrected chi connectivity index (χ2v) is 7.05. The number of aliphatic hydroxyl groups is 4. The number of phenols is 2. The van der Waals surface area contributed by atoms with E-state index < -0.39 is 54.2 Å². The van der Waals surface area contributed by atoms with Crippen molar-refractivity contribution >= 4 is 21.9 Å². The monoisotopic (exact) mass is 436 g/mol. The van der Waals surface area contributed by atoms with Crippen LogP contribution in [0.25, 0.3) is 21.9 Å². The molecule has 0 saturated carbocycles. The van der Waals surface area contributed by atoms with Crippen LogP contribution >= 0.6 is 0 Å². The van der Waals surface area contributed by atoms with Crippen molar-refractivity contribution in [2.45, 2.75) is 30.7 Å². The third-order valence-electron chi connectivity index (χ3n) is 5.15. The Morgan fingerprint density at radius 2 is 1.74 bits per heavy atom. The number of aliphatic hydroxyl groups excluding tert-OH is 4. The Bertz CT molecular complexity index is 1190. The lowest BCUT2D eigenvalue weighted by Crippen LogP contribution is -2.60. The number of rotatable bonds is 4. The molecule has 1 fully saturated rings. The van der Waals surface area contributed by atoms with Gasteiger partial charge in [-0.15, -0.1) is 0 Å². The number of phenolic OH excluding ortho intramolecular Hbond substituents is 2. The van der Waals surface area contributed by atoms with Gasteiger partial charge >= 0.3 is 0 Å². The molecule has 1 aliphatic heterocycles. The maximum atomic E-state index is 13.2. The van der Waals surface area contributed by atoms with E-state index >= 15 is 0 Å². The fraction of sp³-hybridized carbons (Fsp3) is 0.350.